The van der Waals surface area contributed by atoms with Gasteiger partial charge in [-0.3, -0.25) is 0 Å². The molecule has 1 aromatic rings. The SMILES string of the molecule is OCc1ccc(O[C@H]2O[C@@H](CO)[C@@H](O)[C@@H](O)[C@H]2O)cc1. The monoisotopic (exact) mass is 286 g/mol. The Bertz CT molecular complexity index is 419. The Hall–Kier alpha value is -1.22. The van der Waals surface area contributed by atoms with E-state index >= 15 is 0 Å². The van der Waals surface area contributed by atoms with Crippen LogP contribution < -0.4 is 4.74 Å². The van der Waals surface area contributed by atoms with Gasteiger partial charge in [-0.25, -0.2) is 0 Å². The average Bonchev–Trinajstić information content (AvgIpc) is 2.48. The third-order valence-electron chi connectivity index (χ3n) is 3.21. The summed E-state index contributed by atoms with van der Waals surface area (Å²) in [7, 11) is 0. The summed E-state index contributed by atoms with van der Waals surface area (Å²) in [5, 5.41) is 47.0. The minimum atomic E-state index is -1.47. The van der Waals surface area contributed by atoms with E-state index in [-0.39, 0.29) is 6.61 Å². The van der Waals surface area contributed by atoms with E-state index in [1.54, 1.807) is 24.3 Å². The summed E-state index contributed by atoms with van der Waals surface area (Å²) in [5.74, 6) is 0.367. The topological polar surface area (TPSA) is 120 Å². The van der Waals surface area contributed by atoms with Crippen LogP contribution in [0.4, 0.5) is 0 Å². The molecule has 0 aliphatic carbocycles. The van der Waals surface area contributed by atoms with Gasteiger partial charge >= 0.3 is 0 Å². The second kappa shape index (κ2) is 6.49. The van der Waals surface area contributed by atoms with Crippen LogP contribution in [0, 0.1) is 0 Å². The lowest BCUT2D eigenvalue weighted by Gasteiger charge is -2.39. The predicted octanol–water partition coefficient (Wildman–Crippen LogP) is -1.64. The molecule has 7 heteroatoms. The first-order valence-electron chi connectivity index (χ1n) is 6.23. The second-order valence-electron chi connectivity index (χ2n) is 4.62. The molecule has 0 radical (unpaired) electrons. The smallest absolute Gasteiger partial charge is 0.229 e. The van der Waals surface area contributed by atoms with Crippen molar-refractivity contribution in [2.45, 2.75) is 37.3 Å². The molecule has 0 spiro atoms. The van der Waals surface area contributed by atoms with Crippen LogP contribution >= 0.6 is 0 Å². The number of aliphatic hydroxyl groups is 5. The summed E-state index contributed by atoms with van der Waals surface area (Å²) in [6, 6.07) is 6.43. The molecule has 7 nitrogen and oxygen atoms in total. The van der Waals surface area contributed by atoms with Crippen LogP contribution in [0.5, 0.6) is 5.75 Å². The lowest BCUT2D eigenvalue weighted by atomic mass is 9.99. The van der Waals surface area contributed by atoms with Crippen molar-refractivity contribution in [2.24, 2.45) is 0 Å². The van der Waals surface area contributed by atoms with Gasteiger partial charge in [-0.1, -0.05) is 12.1 Å². The van der Waals surface area contributed by atoms with Gasteiger partial charge in [0.1, 0.15) is 30.2 Å². The molecule has 0 unspecified atom stereocenters. The Kier molecular flexibility index (Phi) is 4.92. The highest BCUT2D eigenvalue weighted by Gasteiger charge is 2.44. The van der Waals surface area contributed by atoms with E-state index in [9.17, 15) is 15.3 Å². The van der Waals surface area contributed by atoms with E-state index in [1.807, 2.05) is 0 Å². The highest BCUT2D eigenvalue weighted by atomic mass is 16.7. The highest BCUT2D eigenvalue weighted by Crippen LogP contribution is 2.24. The van der Waals surface area contributed by atoms with Crippen molar-refractivity contribution in [3.05, 3.63) is 29.8 Å². The van der Waals surface area contributed by atoms with Gasteiger partial charge in [-0.15, -0.1) is 0 Å². The number of hydrogen-bond donors (Lipinski definition) is 5. The molecule has 0 saturated carbocycles. The number of rotatable bonds is 4. The third kappa shape index (κ3) is 3.09. The molecule has 5 atom stereocenters. The third-order valence-corrected chi connectivity index (χ3v) is 3.21. The molecule has 1 saturated heterocycles. The van der Waals surface area contributed by atoms with Gasteiger partial charge in [0.2, 0.25) is 6.29 Å². The van der Waals surface area contributed by atoms with E-state index in [0.717, 1.165) is 0 Å². The molecule has 1 heterocycles. The van der Waals surface area contributed by atoms with Gasteiger partial charge in [0.05, 0.1) is 13.2 Å². The van der Waals surface area contributed by atoms with Crippen molar-refractivity contribution < 1.29 is 35.0 Å². The Morgan fingerprint density at radius 2 is 1.60 bits per heavy atom. The molecule has 1 aliphatic heterocycles. The molecule has 5 N–H and O–H groups in total. The predicted molar refractivity (Wildman–Crippen MR) is 66.8 cm³/mol. The first kappa shape index (κ1) is 15.2. The lowest BCUT2D eigenvalue weighted by molar-refractivity contribution is -0.277. The fourth-order valence-corrected chi connectivity index (χ4v) is 1.97. The maximum Gasteiger partial charge on any atom is 0.229 e. The van der Waals surface area contributed by atoms with Crippen LogP contribution in [0.15, 0.2) is 24.3 Å². The van der Waals surface area contributed by atoms with Crippen molar-refractivity contribution >= 4 is 0 Å². The normalized spacial score (nSPS) is 34.0. The molecule has 0 bridgehead atoms. The first-order chi connectivity index (χ1) is 9.56. The highest BCUT2D eigenvalue weighted by molar-refractivity contribution is 5.27. The molecule has 2 rings (SSSR count). The number of ether oxygens (including phenoxy) is 2. The van der Waals surface area contributed by atoms with Crippen LogP contribution in [0.25, 0.3) is 0 Å². The fourth-order valence-electron chi connectivity index (χ4n) is 1.97. The van der Waals surface area contributed by atoms with E-state index in [4.69, 9.17) is 19.7 Å². The molecule has 1 aromatic carbocycles. The van der Waals surface area contributed by atoms with Crippen molar-refractivity contribution in [2.75, 3.05) is 6.61 Å². The molecule has 112 valence electrons. The molecular formula is C13H18O7. The zero-order valence-corrected chi connectivity index (χ0v) is 10.7. The van der Waals surface area contributed by atoms with Crippen LogP contribution in [-0.2, 0) is 11.3 Å². The van der Waals surface area contributed by atoms with E-state index in [2.05, 4.69) is 0 Å². The zero-order valence-electron chi connectivity index (χ0n) is 10.7. The molecule has 0 amide bonds. The van der Waals surface area contributed by atoms with E-state index in [1.165, 1.54) is 0 Å². The Morgan fingerprint density at radius 3 is 2.15 bits per heavy atom. The summed E-state index contributed by atoms with van der Waals surface area (Å²) < 4.78 is 10.6. The number of hydrogen-bond acceptors (Lipinski definition) is 7. The van der Waals surface area contributed by atoms with Crippen molar-refractivity contribution in [1.29, 1.82) is 0 Å². The molecule has 1 aliphatic rings. The minimum absolute atomic E-state index is 0.0969. The number of aliphatic hydroxyl groups excluding tert-OH is 5. The van der Waals surface area contributed by atoms with Gasteiger partial charge < -0.3 is 35.0 Å². The summed E-state index contributed by atoms with van der Waals surface area (Å²) in [6.45, 7) is -0.603. The molecule has 20 heavy (non-hydrogen) atoms. The van der Waals surface area contributed by atoms with E-state index < -0.39 is 37.3 Å². The standard InChI is InChI=1S/C13H18O7/c14-5-7-1-3-8(4-2-7)19-13-12(18)11(17)10(16)9(6-15)20-13/h1-4,9-18H,5-6H2/t9-,10+,11+,12+,13-/m0/s1. The van der Waals surface area contributed by atoms with Crippen LogP contribution in [0.2, 0.25) is 0 Å². The van der Waals surface area contributed by atoms with Crippen LogP contribution in [0.3, 0.4) is 0 Å². The molecule has 1 fully saturated rings. The van der Waals surface area contributed by atoms with Crippen molar-refractivity contribution in [1.82, 2.24) is 0 Å². The van der Waals surface area contributed by atoms with Gasteiger partial charge in [-0.05, 0) is 17.7 Å². The summed E-state index contributed by atoms with van der Waals surface area (Å²) in [6.07, 6.45) is -6.53. The largest absolute Gasteiger partial charge is 0.462 e. The van der Waals surface area contributed by atoms with Gasteiger partial charge in [0.25, 0.3) is 0 Å². The van der Waals surface area contributed by atoms with Crippen molar-refractivity contribution in [3.63, 3.8) is 0 Å². The van der Waals surface area contributed by atoms with Crippen LogP contribution in [-0.4, -0.2) is 62.8 Å². The quantitative estimate of drug-likeness (QED) is 0.450. The first-order valence-corrected chi connectivity index (χ1v) is 6.23. The summed E-state index contributed by atoms with van der Waals surface area (Å²) in [5.41, 5.74) is 0.700. The van der Waals surface area contributed by atoms with Gasteiger partial charge in [0.15, 0.2) is 0 Å². The zero-order chi connectivity index (χ0) is 14.7. The Labute approximate surface area is 115 Å². The van der Waals surface area contributed by atoms with Crippen LogP contribution in [0.1, 0.15) is 5.56 Å². The summed E-state index contributed by atoms with van der Waals surface area (Å²) in [4.78, 5) is 0. The number of benzene rings is 1. The second-order valence-corrected chi connectivity index (χ2v) is 4.62. The fraction of sp³-hybridized carbons (Fsp3) is 0.538. The molecular weight excluding hydrogens is 268 g/mol. The lowest BCUT2D eigenvalue weighted by Crippen LogP contribution is -2.60. The van der Waals surface area contributed by atoms with Gasteiger partial charge in [-0.2, -0.15) is 0 Å². The maximum absolute atomic E-state index is 9.80. The Morgan fingerprint density at radius 1 is 0.950 bits per heavy atom. The molecule has 0 aromatic heterocycles. The van der Waals surface area contributed by atoms with E-state index in [0.29, 0.717) is 11.3 Å². The van der Waals surface area contributed by atoms with Gasteiger partial charge in [0, 0.05) is 0 Å². The van der Waals surface area contributed by atoms with Crippen molar-refractivity contribution in [3.8, 4) is 5.75 Å². The average molecular weight is 286 g/mol. The maximum atomic E-state index is 9.80. The summed E-state index contributed by atoms with van der Waals surface area (Å²) >= 11 is 0. The Balaban J connectivity index is 2.06. The minimum Gasteiger partial charge on any atom is -0.462 e.